The second-order valence-electron chi connectivity index (χ2n) is 5.10. The molecular formula is C17H14ClN3O. The van der Waals surface area contributed by atoms with Crippen molar-refractivity contribution < 1.29 is 4.79 Å². The van der Waals surface area contributed by atoms with Gasteiger partial charge >= 0.3 is 0 Å². The summed E-state index contributed by atoms with van der Waals surface area (Å²) in [6, 6.07) is 8.99. The van der Waals surface area contributed by atoms with E-state index < -0.39 is 0 Å². The fraction of sp³-hybridized carbons (Fsp3) is 0.118. The van der Waals surface area contributed by atoms with Crippen molar-refractivity contribution in [1.82, 2.24) is 9.97 Å². The van der Waals surface area contributed by atoms with Crippen molar-refractivity contribution in [3.8, 4) is 0 Å². The predicted molar refractivity (Wildman–Crippen MR) is 88.4 cm³/mol. The molecule has 0 atom stereocenters. The highest BCUT2D eigenvalue weighted by Gasteiger charge is 2.13. The molecule has 0 spiro atoms. The summed E-state index contributed by atoms with van der Waals surface area (Å²) in [5, 5.41) is 4.38. The van der Waals surface area contributed by atoms with E-state index in [4.69, 9.17) is 11.6 Å². The molecule has 0 radical (unpaired) electrons. The monoisotopic (exact) mass is 311 g/mol. The third-order valence-electron chi connectivity index (χ3n) is 3.49. The van der Waals surface area contributed by atoms with Crippen LogP contribution in [0.1, 0.15) is 21.6 Å². The number of hydrogen-bond donors (Lipinski definition) is 1. The highest BCUT2D eigenvalue weighted by molar-refractivity contribution is 6.30. The van der Waals surface area contributed by atoms with Crippen molar-refractivity contribution >= 4 is 34.1 Å². The van der Waals surface area contributed by atoms with E-state index >= 15 is 0 Å². The van der Waals surface area contributed by atoms with Gasteiger partial charge in [0, 0.05) is 28.5 Å². The average Bonchev–Trinajstić information content (AvgIpc) is 2.49. The zero-order chi connectivity index (χ0) is 15.7. The molecule has 4 nitrogen and oxygen atoms in total. The van der Waals surface area contributed by atoms with Crippen LogP contribution in [0.25, 0.3) is 10.9 Å². The molecule has 0 aliphatic rings. The van der Waals surface area contributed by atoms with E-state index in [0.717, 1.165) is 22.2 Å². The first-order chi connectivity index (χ1) is 10.5. The molecule has 2 heterocycles. The number of benzene rings is 1. The van der Waals surface area contributed by atoms with Gasteiger partial charge in [0.15, 0.2) is 0 Å². The number of aryl methyl sites for hydroxylation is 2. The fourth-order valence-corrected chi connectivity index (χ4v) is 2.53. The molecule has 1 aromatic carbocycles. The number of hydrogen-bond acceptors (Lipinski definition) is 3. The Bertz CT molecular complexity index is 877. The molecule has 0 unspecified atom stereocenters. The van der Waals surface area contributed by atoms with Crippen LogP contribution in [0, 0.1) is 13.8 Å². The van der Waals surface area contributed by atoms with Crippen LogP contribution in [-0.4, -0.2) is 15.9 Å². The van der Waals surface area contributed by atoms with Gasteiger partial charge in [-0.1, -0.05) is 11.6 Å². The summed E-state index contributed by atoms with van der Waals surface area (Å²) < 4.78 is 0. The van der Waals surface area contributed by atoms with Gasteiger partial charge in [0.25, 0.3) is 5.91 Å². The zero-order valence-electron chi connectivity index (χ0n) is 12.2. The van der Waals surface area contributed by atoms with Crippen molar-refractivity contribution in [1.29, 1.82) is 0 Å². The third kappa shape index (κ3) is 2.78. The number of amides is 1. The molecule has 1 amide bonds. The number of rotatable bonds is 2. The summed E-state index contributed by atoms with van der Waals surface area (Å²) in [4.78, 5) is 21.0. The number of nitrogens with one attached hydrogen (secondary N) is 1. The topological polar surface area (TPSA) is 54.9 Å². The molecule has 0 bridgehead atoms. The number of aromatic nitrogens is 2. The van der Waals surface area contributed by atoms with Crippen LogP contribution in [0.4, 0.5) is 5.69 Å². The van der Waals surface area contributed by atoms with E-state index in [9.17, 15) is 4.79 Å². The van der Waals surface area contributed by atoms with Crippen LogP contribution < -0.4 is 5.32 Å². The first-order valence-corrected chi connectivity index (χ1v) is 7.21. The van der Waals surface area contributed by atoms with Crippen molar-refractivity contribution in [2.24, 2.45) is 0 Å². The van der Waals surface area contributed by atoms with Crippen molar-refractivity contribution in [2.45, 2.75) is 13.8 Å². The van der Waals surface area contributed by atoms with Crippen molar-refractivity contribution in [3.63, 3.8) is 0 Å². The van der Waals surface area contributed by atoms with Gasteiger partial charge in [-0.3, -0.25) is 14.8 Å². The summed E-state index contributed by atoms with van der Waals surface area (Å²) in [5.41, 5.74) is 3.69. The maximum atomic E-state index is 12.5. The Labute approximate surface area is 133 Å². The summed E-state index contributed by atoms with van der Waals surface area (Å²) in [5.74, 6) is -0.193. The molecule has 0 aliphatic heterocycles. The first-order valence-electron chi connectivity index (χ1n) is 6.83. The molecule has 2 aromatic heterocycles. The first kappa shape index (κ1) is 14.5. The summed E-state index contributed by atoms with van der Waals surface area (Å²) >= 11 is 5.93. The van der Waals surface area contributed by atoms with E-state index in [0.29, 0.717) is 16.3 Å². The molecule has 110 valence electrons. The minimum absolute atomic E-state index is 0.193. The Kier molecular flexibility index (Phi) is 3.77. The number of nitrogens with zero attached hydrogens (tertiary/aromatic N) is 2. The van der Waals surface area contributed by atoms with Gasteiger partial charge in [-0.05, 0) is 49.7 Å². The van der Waals surface area contributed by atoms with Gasteiger partial charge in [0.1, 0.15) is 0 Å². The Morgan fingerprint density at radius 3 is 2.77 bits per heavy atom. The second-order valence-corrected chi connectivity index (χ2v) is 5.54. The number of anilines is 1. The summed E-state index contributed by atoms with van der Waals surface area (Å²) in [7, 11) is 0. The lowest BCUT2D eigenvalue weighted by molar-refractivity contribution is 0.102. The molecule has 0 saturated carbocycles. The lowest BCUT2D eigenvalue weighted by Gasteiger charge is -2.11. The summed E-state index contributed by atoms with van der Waals surface area (Å²) in [6.45, 7) is 3.72. The van der Waals surface area contributed by atoms with Crippen LogP contribution >= 0.6 is 11.6 Å². The van der Waals surface area contributed by atoms with Crippen LogP contribution in [0.5, 0.6) is 0 Å². The second kappa shape index (κ2) is 5.73. The highest BCUT2D eigenvalue weighted by Crippen LogP contribution is 2.21. The normalized spacial score (nSPS) is 10.7. The average molecular weight is 312 g/mol. The van der Waals surface area contributed by atoms with Gasteiger partial charge in [-0.15, -0.1) is 0 Å². The largest absolute Gasteiger partial charge is 0.322 e. The van der Waals surface area contributed by atoms with Crippen molar-refractivity contribution in [3.05, 3.63) is 64.6 Å². The lowest BCUT2D eigenvalue weighted by Crippen LogP contribution is -2.15. The van der Waals surface area contributed by atoms with E-state index in [2.05, 4.69) is 15.3 Å². The number of fused-ring (bicyclic) bond motifs is 1. The van der Waals surface area contributed by atoms with E-state index in [1.54, 1.807) is 24.5 Å². The smallest absolute Gasteiger partial charge is 0.257 e. The minimum Gasteiger partial charge on any atom is -0.322 e. The number of halogens is 1. The SMILES string of the molecule is Cc1cc(Cl)ccc1NC(=O)c1cc2cnccc2nc1C. The van der Waals surface area contributed by atoms with Crippen LogP contribution in [-0.2, 0) is 0 Å². The molecule has 3 aromatic rings. The van der Waals surface area contributed by atoms with Gasteiger partial charge in [-0.2, -0.15) is 0 Å². The Balaban J connectivity index is 1.96. The van der Waals surface area contributed by atoms with E-state index in [1.807, 2.05) is 32.0 Å². The predicted octanol–water partition coefficient (Wildman–Crippen LogP) is 4.15. The molecule has 3 rings (SSSR count). The lowest BCUT2D eigenvalue weighted by atomic mass is 10.1. The molecule has 0 aliphatic carbocycles. The van der Waals surface area contributed by atoms with Gasteiger partial charge in [-0.25, -0.2) is 0 Å². The number of carbonyl (C=O) groups excluding carboxylic acids is 1. The Hall–Kier alpha value is -2.46. The van der Waals surface area contributed by atoms with Gasteiger partial charge < -0.3 is 5.32 Å². The Morgan fingerprint density at radius 1 is 1.18 bits per heavy atom. The maximum absolute atomic E-state index is 12.5. The van der Waals surface area contributed by atoms with Crippen LogP contribution in [0.15, 0.2) is 42.7 Å². The molecule has 5 heteroatoms. The van der Waals surface area contributed by atoms with E-state index in [-0.39, 0.29) is 5.91 Å². The van der Waals surface area contributed by atoms with Gasteiger partial charge in [0.2, 0.25) is 0 Å². The molecule has 0 saturated heterocycles. The highest BCUT2D eigenvalue weighted by atomic mass is 35.5. The maximum Gasteiger partial charge on any atom is 0.257 e. The van der Waals surface area contributed by atoms with E-state index in [1.165, 1.54) is 0 Å². The standard InChI is InChI=1S/C17H14ClN3O/c1-10-7-13(18)3-4-15(10)21-17(22)14-8-12-9-19-6-5-16(12)20-11(14)2/h3-9H,1-2H3,(H,21,22). The fourth-order valence-electron chi connectivity index (χ4n) is 2.30. The quantitative estimate of drug-likeness (QED) is 0.773. The van der Waals surface area contributed by atoms with Crippen molar-refractivity contribution in [2.75, 3.05) is 5.32 Å². The molecule has 22 heavy (non-hydrogen) atoms. The number of carbonyl (C=O) groups is 1. The summed E-state index contributed by atoms with van der Waals surface area (Å²) in [6.07, 6.45) is 3.39. The molecular weight excluding hydrogens is 298 g/mol. The van der Waals surface area contributed by atoms with Crippen LogP contribution in [0.3, 0.4) is 0 Å². The Morgan fingerprint density at radius 2 is 2.00 bits per heavy atom. The molecule has 1 N–H and O–H groups in total. The zero-order valence-corrected chi connectivity index (χ0v) is 13.0. The third-order valence-corrected chi connectivity index (χ3v) is 3.72. The minimum atomic E-state index is -0.193. The molecule has 0 fully saturated rings. The van der Waals surface area contributed by atoms with Crippen LogP contribution in [0.2, 0.25) is 5.02 Å². The number of pyridine rings is 2. The van der Waals surface area contributed by atoms with Gasteiger partial charge in [0.05, 0.1) is 16.8 Å².